The van der Waals surface area contributed by atoms with Crippen molar-refractivity contribution in [2.45, 2.75) is 26.3 Å². The Bertz CT molecular complexity index is 588. The van der Waals surface area contributed by atoms with E-state index in [1.54, 1.807) is 18.3 Å². The highest BCUT2D eigenvalue weighted by molar-refractivity contribution is 5.44. The molecular weight excluding hydrogens is 267 g/mol. The van der Waals surface area contributed by atoms with Crippen LogP contribution >= 0.6 is 0 Å². The van der Waals surface area contributed by atoms with E-state index in [2.05, 4.69) is 22.2 Å². The molecule has 2 aromatic rings. The minimum Gasteiger partial charge on any atom is -0.354 e. The highest BCUT2D eigenvalue weighted by atomic mass is 19.1. The lowest BCUT2D eigenvalue weighted by Gasteiger charge is -2.26. The van der Waals surface area contributed by atoms with Crippen LogP contribution in [0.4, 0.5) is 16.2 Å². The zero-order chi connectivity index (χ0) is 15.2. The van der Waals surface area contributed by atoms with Crippen LogP contribution in [0.25, 0.3) is 0 Å². The SMILES string of the molecule is CCCNc1nccc(N(C)C(C)c2ccccc2F)n1. The molecule has 1 heterocycles. The van der Waals surface area contributed by atoms with Gasteiger partial charge < -0.3 is 10.2 Å². The fourth-order valence-corrected chi connectivity index (χ4v) is 2.09. The van der Waals surface area contributed by atoms with Gasteiger partial charge in [0.1, 0.15) is 11.6 Å². The van der Waals surface area contributed by atoms with Gasteiger partial charge in [0.15, 0.2) is 0 Å². The molecule has 0 fully saturated rings. The Morgan fingerprint density at radius 3 is 2.76 bits per heavy atom. The van der Waals surface area contributed by atoms with Gasteiger partial charge in [0.05, 0.1) is 6.04 Å². The van der Waals surface area contributed by atoms with Crippen molar-refractivity contribution in [3.05, 3.63) is 47.9 Å². The van der Waals surface area contributed by atoms with Gasteiger partial charge in [-0.2, -0.15) is 4.98 Å². The fraction of sp³-hybridized carbons (Fsp3) is 0.375. The molecule has 112 valence electrons. The quantitative estimate of drug-likeness (QED) is 0.881. The van der Waals surface area contributed by atoms with Crippen molar-refractivity contribution in [2.24, 2.45) is 0 Å². The van der Waals surface area contributed by atoms with Gasteiger partial charge in [-0.25, -0.2) is 9.37 Å². The number of halogens is 1. The van der Waals surface area contributed by atoms with E-state index in [-0.39, 0.29) is 11.9 Å². The largest absolute Gasteiger partial charge is 0.354 e. The highest BCUT2D eigenvalue weighted by Crippen LogP contribution is 2.25. The molecule has 1 atom stereocenters. The molecule has 0 aliphatic rings. The maximum atomic E-state index is 13.9. The maximum absolute atomic E-state index is 13.9. The van der Waals surface area contributed by atoms with Crippen molar-refractivity contribution in [2.75, 3.05) is 23.8 Å². The first-order valence-electron chi connectivity index (χ1n) is 7.17. The number of nitrogens with one attached hydrogen (secondary N) is 1. The third-order valence-corrected chi connectivity index (χ3v) is 3.47. The van der Waals surface area contributed by atoms with E-state index in [1.165, 1.54) is 6.07 Å². The Balaban J connectivity index is 2.19. The molecule has 1 N–H and O–H groups in total. The van der Waals surface area contributed by atoms with Gasteiger partial charge in [0.2, 0.25) is 5.95 Å². The molecular formula is C16H21FN4. The van der Waals surface area contributed by atoms with Crippen molar-refractivity contribution < 1.29 is 4.39 Å². The van der Waals surface area contributed by atoms with Crippen LogP contribution in [0.2, 0.25) is 0 Å². The molecule has 21 heavy (non-hydrogen) atoms. The van der Waals surface area contributed by atoms with Crippen molar-refractivity contribution in [3.8, 4) is 0 Å². The zero-order valence-corrected chi connectivity index (χ0v) is 12.7. The van der Waals surface area contributed by atoms with E-state index in [0.717, 1.165) is 18.8 Å². The lowest BCUT2D eigenvalue weighted by atomic mass is 10.1. The van der Waals surface area contributed by atoms with Gasteiger partial charge in [-0.15, -0.1) is 0 Å². The lowest BCUT2D eigenvalue weighted by molar-refractivity contribution is 0.584. The van der Waals surface area contributed by atoms with Crippen LogP contribution in [0.1, 0.15) is 31.9 Å². The number of anilines is 2. The first-order chi connectivity index (χ1) is 10.1. The number of hydrogen-bond acceptors (Lipinski definition) is 4. The van der Waals surface area contributed by atoms with Crippen molar-refractivity contribution in [3.63, 3.8) is 0 Å². The summed E-state index contributed by atoms with van der Waals surface area (Å²) in [4.78, 5) is 10.6. The van der Waals surface area contributed by atoms with Crippen LogP contribution in [0.15, 0.2) is 36.5 Å². The smallest absolute Gasteiger partial charge is 0.224 e. The van der Waals surface area contributed by atoms with Gasteiger partial charge in [-0.05, 0) is 25.5 Å². The summed E-state index contributed by atoms with van der Waals surface area (Å²) >= 11 is 0. The predicted octanol–water partition coefficient (Wildman–Crippen LogP) is 3.64. The summed E-state index contributed by atoms with van der Waals surface area (Å²) in [5.41, 5.74) is 0.654. The topological polar surface area (TPSA) is 41.1 Å². The molecule has 1 aromatic carbocycles. The van der Waals surface area contributed by atoms with Crippen LogP contribution in [-0.4, -0.2) is 23.6 Å². The summed E-state index contributed by atoms with van der Waals surface area (Å²) in [6.45, 7) is 4.87. The van der Waals surface area contributed by atoms with Crippen LogP contribution in [0, 0.1) is 5.82 Å². The molecule has 0 aliphatic carbocycles. The van der Waals surface area contributed by atoms with Crippen LogP contribution in [0.3, 0.4) is 0 Å². The third-order valence-electron chi connectivity index (χ3n) is 3.47. The van der Waals surface area contributed by atoms with Crippen LogP contribution in [0.5, 0.6) is 0 Å². The number of hydrogen-bond donors (Lipinski definition) is 1. The van der Waals surface area contributed by atoms with E-state index in [4.69, 9.17) is 0 Å². The Labute approximate surface area is 125 Å². The summed E-state index contributed by atoms with van der Waals surface area (Å²) < 4.78 is 13.9. The molecule has 4 nitrogen and oxygen atoms in total. The molecule has 0 aliphatic heterocycles. The second-order valence-electron chi connectivity index (χ2n) is 4.97. The van der Waals surface area contributed by atoms with E-state index in [9.17, 15) is 4.39 Å². The number of benzene rings is 1. The van der Waals surface area contributed by atoms with E-state index in [0.29, 0.717) is 11.5 Å². The molecule has 0 radical (unpaired) electrons. The van der Waals surface area contributed by atoms with Crippen molar-refractivity contribution in [1.29, 1.82) is 0 Å². The Morgan fingerprint density at radius 1 is 1.29 bits per heavy atom. The fourth-order valence-electron chi connectivity index (χ4n) is 2.09. The monoisotopic (exact) mass is 288 g/mol. The normalized spacial score (nSPS) is 12.0. The number of rotatable bonds is 6. The average Bonchev–Trinajstić information content (AvgIpc) is 2.52. The standard InChI is InChI=1S/C16H21FN4/c1-4-10-18-16-19-11-9-15(20-16)21(3)12(2)13-7-5-6-8-14(13)17/h5-9,11-12H,4,10H2,1-3H3,(H,18,19,20). The summed E-state index contributed by atoms with van der Waals surface area (Å²) in [7, 11) is 1.91. The van der Waals surface area contributed by atoms with E-state index in [1.807, 2.05) is 31.0 Å². The Morgan fingerprint density at radius 2 is 2.05 bits per heavy atom. The molecule has 2 rings (SSSR count). The van der Waals surface area contributed by atoms with Gasteiger partial charge in [-0.3, -0.25) is 0 Å². The first kappa shape index (κ1) is 15.2. The second-order valence-corrected chi connectivity index (χ2v) is 4.97. The molecule has 0 spiro atoms. The molecule has 0 saturated carbocycles. The molecule has 1 aromatic heterocycles. The third kappa shape index (κ3) is 3.68. The second kappa shape index (κ2) is 7.02. The number of nitrogens with zero attached hydrogens (tertiary/aromatic N) is 3. The zero-order valence-electron chi connectivity index (χ0n) is 12.7. The van der Waals surface area contributed by atoms with Gasteiger partial charge >= 0.3 is 0 Å². The van der Waals surface area contributed by atoms with E-state index < -0.39 is 0 Å². The summed E-state index contributed by atoms with van der Waals surface area (Å²) in [6.07, 6.45) is 2.72. The average molecular weight is 288 g/mol. The van der Waals surface area contributed by atoms with Crippen LogP contribution in [-0.2, 0) is 0 Å². The maximum Gasteiger partial charge on any atom is 0.224 e. The van der Waals surface area contributed by atoms with E-state index >= 15 is 0 Å². The Hall–Kier alpha value is -2.17. The summed E-state index contributed by atoms with van der Waals surface area (Å²) in [5.74, 6) is 1.16. The van der Waals surface area contributed by atoms with Crippen molar-refractivity contribution >= 4 is 11.8 Å². The summed E-state index contributed by atoms with van der Waals surface area (Å²) in [5, 5.41) is 3.16. The van der Waals surface area contributed by atoms with Gasteiger partial charge in [0.25, 0.3) is 0 Å². The minimum atomic E-state index is -0.199. The Kier molecular flexibility index (Phi) is 5.09. The summed E-state index contributed by atoms with van der Waals surface area (Å²) in [6, 6.07) is 8.54. The van der Waals surface area contributed by atoms with Gasteiger partial charge in [0, 0.05) is 25.4 Å². The highest BCUT2D eigenvalue weighted by Gasteiger charge is 2.17. The van der Waals surface area contributed by atoms with Gasteiger partial charge in [-0.1, -0.05) is 25.1 Å². The first-order valence-corrected chi connectivity index (χ1v) is 7.17. The molecule has 5 heteroatoms. The number of aromatic nitrogens is 2. The molecule has 1 unspecified atom stereocenters. The molecule has 0 bridgehead atoms. The predicted molar refractivity (Wildman–Crippen MR) is 84.0 cm³/mol. The lowest BCUT2D eigenvalue weighted by Crippen LogP contribution is -2.24. The molecule has 0 saturated heterocycles. The van der Waals surface area contributed by atoms with Crippen molar-refractivity contribution in [1.82, 2.24) is 9.97 Å². The molecule has 0 amide bonds. The van der Waals surface area contributed by atoms with Crippen LogP contribution < -0.4 is 10.2 Å². The minimum absolute atomic E-state index is 0.111.